The summed E-state index contributed by atoms with van der Waals surface area (Å²) in [6.45, 7) is 1.88. The van der Waals surface area contributed by atoms with Crippen LogP contribution in [0.2, 0.25) is 0 Å². The Labute approximate surface area is 166 Å². The predicted octanol–water partition coefficient (Wildman–Crippen LogP) is 5.75. The van der Waals surface area contributed by atoms with E-state index >= 15 is 0 Å². The third kappa shape index (κ3) is 3.28. The van der Waals surface area contributed by atoms with E-state index in [1.807, 2.05) is 6.92 Å². The van der Waals surface area contributed by atoms with Gasteiger partial charge in [-0.05, 0) is 37.3 Å². The molecular formula is C21H11F5N2O2. The molecule has 1 amide bonds. The van der Waals surface area contributed by atoms with Crippen LogP contribution in [0.5, 0.6) is 0 Å². The minimum atomic E-state index is -2.27. The van der Waals surface area contributed by atoms with Crippen LogP contribution in [0.4, 0.5) is 27.6 Å². The molecule has 0 saturated heterocycles. The van der Waals surface area contributed by atoms with Crippen molar-refractivity contribution >= 4 is 22.7 Å². The minimum Gasteiger partial charge on any atom is -0.436 e. The number of aryl methyl sites for hydroxylation is 1. The molecule has 9 heteroatoms. The number of carbonyl (C=O) groups excluding carboxylic acids is 1. The maximum Gasteiger partial charge on any atom is 0.255 e. The van der Waals surface area contributed by atoms with E-state index in [-0.39, 0.29) is 11.1 Å². The predicted molar refractivity (Wildman–Crippen MR) is 98.4 cm³/mol. The highest BCUT2D eigenvalue weighted by atomic mass is 19.2. The fraction of sp³-hybridized carbons (Fsp3) is 0.0476. The molecule has 0 bridgehead atoms. The Bertz CT molecular complexity index is 1270. The number of hydrogen-bond acceptors (Lipinski definition) is 3. The second kappa shape index (κ2) is 7.25. The van der Waals surface area contributed by atoms with E-state index in [1.54, 1.807) is 24.3 Å². The summed E-state index contributed by atoms with van der Waals surface area (Å²) in [7, 11) is 0. The van der Waals surface area contributed by atoms with Crippen molar-refractivity contribution in [2.45, 2.75) is 6.92 Å². The molecule has 4 nitrogen and oxygen atoms in total. The molecular weight excluding hydrogens is 407 g/mol. The van der Waals surface area contributed by atoms with Gasteiger partial charge in [0.05, 0.1) is 0 Å². The van der Waals surface area contributed by atoms with E-state index in [0.717, 1.165) is 5.56 Å². The van der Waals surface area contributed by atoms with Crippen molar-refractivity contribution < 1.29 is 31.2 Å². The number of anilines is 1. The van der Waals surface area contributed by atoms with Crippen LogP contribution < -0.4 is 5.32 Å². The minimum absolute atomic E-state index is 0.0299. The molecule has 4 aromatic rings. The van der Waals surface area contributed by atoms with Crippen LogP contribution in [-0.2, 0) is 0 Å². The largest absolute Gasteiger partial charge is 0.436 e. The van der Waals surface area contributed by atoms with Gasteiger partial charge in [-0.3, -0.25) is 4.79 Å². The van der Waals surface area contributed by atoms with E-state index in [4.69, 9.17) is 4.42 Å². The van der Waals surface area contributed by atoms with Gasteiger partial charge in [-0.15, -0.1) is 0 Å². The molecule has 4 rings (SSSR count). The maximum absolute atomic E-state index is 14.0. The molecule has 30 heavy (non-hydrogen) atoms. The van der Waals surface area contributed by atoms with Crippen molar-refractivity contribution in [3.63, 3.8) is 0 Å². The highest BCUT2D eigenvalue weighted by molar-refractivity contribution is 6.05. The summed E-state index contributed by atoms with van der Waals surface area (Å²) in [6.07, 6.45) is 0. The Kier molecular flexibility index (Phi) is 4.73. The third-order valence-corrected chi connectivity index (χ3v) is 4.38. The fourth-order valence-electron chi connectivity index (χ4n) is 2.81. The summed E-state index contributed by atoms with van der Waals surface area (Å²) >= 11 is 0. The van der Waals surface area contributed by atoms with Crippen LogP contribution in [0, 0.1) is 36.0 Å². The lowest BCUT2D eigenvalue weighted by Gasteiger charge is -2.05. The van der Waals surface area contributed by atoms with Crippen LogP contribution in [0.3, 0.4) is 0 Å². The van der Waals surface area contributed by atoms with E-state index in [0.29, 0.717) is 11.3 Å². The molecule has 1 heterocycles. The van der Waals surface area contributed by atoms with E-state index in [1.165, 1.54) is 18.2 Å². The molecule has 0 aliphatic rings. The van der Waals surface area contributed by atoms with Gasteiger partial charge in [-0.2, -0.15) is 0 Å². The number of fused-ring (bicyclic) bond motifs is 1. The van der Waals surface area contributed by atoms with Crippen molar-refractivity contribution in [2.24, 2.45) is 0 Å². The van der Waals surface area contributed by atoms with Gasteiger partial charge in [-0.25, -0.2) is 26.9 Å². The molecule has 0 aliphatic heterocycles. The van der Waals surface area contributed by atoms with Gasteiger partial charge < -0.3 is 9.73 Å². The summed E-state index contributed by atoms with van der Waals surface area (Å²) in [5.74, 6) is -11.8. The second-order valence-electron chi connectivity index (χ2n) is 6.47. The lowest BCUT2D eigenvalue weighted by atomic mass is 10.1. The van der Waals surface area contributed by atoms with Gasteiger partial charge in [0.15, 0.2) is 28.9 Å². The van der Waals surface area contributed by atoms with Gasteiger partial charge >= 0.3 is 0 Å². The first kappa shape index (κ1) is 19.6. The Morgan fingerprint density at radius 1 is 0.867 bits per heavy atom. The molecule has 0 saturated carbocycles. The van der Waals surface area contributed by atoms with Crippen molar-refractivity contribution in [3.8, 4) is 11.5 Å². The molecule has 3 aromatic carbocycles. The van der Waals surface area contributed by atoms with E-state index < -0.39 is 46.4 Å². The molecule has 0 radical (unpaired) electrons. The number of rotatable bonds is 3. The van der Waals surface area contributed by atoms with Crippen LogP contribution in [0.1, 0.15) is 15.9 Å². The van der Waals surface area contributed by atoms with Crippen molar-refractivity contribution in [1.82, 2.24) is 4.98 Å². The number of hydrogen-bond donors (Lipinski definition) is 1. The molecule has 0 spiro atoms. The zero-order chi connectivity index (χ0) is 21.6. The zero-order valence-electron chi connectivity index (χ0n) is 15.2. The van der Waals surface area contributed by atoms with Crippen LogP contribution in [-0.4, -0.2) is 10.9 Å². The van der Waals surface area contributed by atoms with E-state index in [2.05, 4.69) is 10.3 Å². The van der Waals surface area contributed by atoms with Crippen LogP contribution >= 0.6 is 0 Å². The molecule has 152 valence electrons. The normalized spacial score (nSPS) is 11.1. The lowest BCUT2D eigenvalue weighted by Crippen LogP contribution is -2.11. The summed E-state index contributed by atoms with van der Waals surface area (Å²) in [4.78, 5) is 16.1. The third-order valence-electron chi connectivity index (χ3n) is 4.38. The van der Waals surface area contributed by atoms with Gasteiger partial charge in [0.25, 0.3) is 5.91 Å². The number of oxazole rings is 1. The number of aromatic nitrogens is 1. The number of amides is 1. The Morgan fingerprint density at radius 2 is 1.47 bits per heavy atom. The van der Waals surface area contributed by atoms with Crippen molar-refractivity contribution in [1.29, 1.82) is 0 Å². The summed E-state index contributed by atoms with van der Waals surface area (Å²) < 4.78 is 73.3. The zero-order valence-corrected chi connectivity index (χ0v) is 15.2. The smallest absolute Gasteiger partial charge is 0.255 e. The van der Waals surface area contributed by atoms with Crippen LogP contribution in [0.25, 0.3) is 22.6 Å². The van der Waals surface area contributed by atoms with Gasteiger partial charge in [0.2, 0.25) is 11.7 Å². The number of nitrogens with zero attached hydrogens (tertiary/aromatic N) is 1. The van der Waals surface area contributed by atoms with Crippen molar-refractivity contribution in [3.05, 3.63) is 82.7 Å². The number of nitrogens with one attached hydrogen (secondary N) is 1. The quantitative estimate of drug-likeness (QED) is 0.262. The van der Waals surface area contributed by atoms with Gasteiger partial charge in [0, 0.05) is 11.3 Å². The van der Waals surface area contributed by atoms with Crippen molar-refractivity contribution in [2.75, 3.05) is 5.32 Å². The summed E-state index contributed by atoms with van der Waals surface area (Å²) in [5.41, 5.74) is 0.496. The highest BCUT2D eigenvalue weighted by Crippen LogP contribution is 2.33. The van der Waals surface area contributed by atoms with E-state index in [9.17, 15) is 26.7 Å². The Hall–Kier alpha value is -3.75. The Balaban J connectivity index is 1.70. The highest BCUT2D eigenvalue weighted by Gasteiger charge is 2.29. The monoisotopic (exact) mass is 418 g/mol. The fourth-order valence-corrected chi connectivity index (χ4v) is 2.81. The molecule has 0 atom stereocenters. The molecule has 0 aliphatic carbocycles. The molecule has 1 aromatic heterocycles. The average Bonchev–Trinajstić information content (AvgIpc) is 3.14. The topological polar surface area (TPSA) is 55.1 Å². The first-order valence-corrected chi connectivity index (χ1v) is 8.56. The second-order valence-corrected chi connectivity index (χ2v) is 6.47. The summed E-state index contributed by atoms with van der Waals surface area (Å²) in [5, 5.41) is 2.63. The lowest BCUT2D eigenvalue weighted by molar-refractivity contribution is 0.102. The molecule has 1 N–H and O–H groups in total. The first-order valence-electron chi connectivity index (χ1n) is 8.56. The standard InChI is InChI=1S/C21H11F5N2O2/c1-9-2-4-10(5-3-9)20(29)27-11-6-7-13-12(8-11)28-21(30-13)14-15(22)17(24)19(26)18(25)16(14)23/h2-8H,1H3,(H,27,29). The first-order chi connectivity index (χ1) is 14.3. The maximum atomic E-state index is 14.0. The molecule has 0 fully saturated rings. The molecule has 0 unspecified atom stereocenters. The van der Waals surface area contributed by atoms with Crippen LogP contribution in [0.15, 0.2) is 46.9 Å². The summed E-state index contributed by atoms with van der Waals surface area (Å²) in [6, 6.07) is 11.0. The number of carbonyl (C=O) groups is 1. The van der Waals surface area contributed by atoms with Gasteiger partial charge in [-0.1, -0.05) is 17.7 Å². The number of halogens is 5. The SMILES string of the molecule is Cc1ccc(C(=O)Nc2ccc3oc(-c4c(F)c(F)c(F)c(F)c4F)nc3c2)cc1. The average molecular weight is 418 g/mol. The Morgan fingerprint density at radius 3 is 2.10 bits per heavy atom. The van der Waals surface area contributed by atoms with Gasteiger partial charge in [0.1, 0.15) is 11.1 Å². The number of benzene rings is 3.